The van der Waals surface area contributed by atoms with Gasteiger partial charge in [0.1, 0.15) is 11.5 Å². The molecule has 1 aromatic carbocycles. The molecule has 0 bridgehead atoms. The van der Waals surface area contributed by atoms with E-state index in [9.17, 15) is 44.8 Å². The summed E-state index contributed by atoms with van der Waals surface area (Å²) in [6.07, 6.45) is -9.08. The van der Waals surface area contributed by atoms with Crippen molar-refractivity contribution in [1.29, 1.82) is 0 Å². The van der Waals surface area contributed by atoms with E-state index >= 15 is 0 Å². The molecule has 0 atom stereocenters. The Bertz CT molecular complexity index is 1410. The van der Waals surface area contributed by atoms with Crippen molar-refractivity contribution in [3.8, 4) is 28.3 Å². The molecule has 3 aliphatic rings. The number of fused-ring (bicyclic) bond motifs is 1. The summed E-state index contributed by atoms with van der Waals surface area (Å²) in [4.78, 5) is 14.3. The zero-order valence-electron chi connectivity index (χ0n) is 19.8. The Morgan fingerprint density at radius 2 is 1.66 bits per heavy atom. The van der Waals surface area contributed by atoms with Gasteiger partial charge in [-0.05, 0) is 61.6 Å². The average molecular weight is 565 g/mol. The zero-order valence-corrected chi connectivity index (χ0v) is 20.6. The highest BCUT2D eigenvalue weighted by Crippen LogP contribution is 2.44. The number of benzene rings is 1. The van der Waals surface area contributed by atoms with Gasteiger partial charge >= 0.3 is 12.4 Å². The SMILES string of the molecule is Cc1cc(-c2cc(S(=O)(=O)C(C(F)(F)F)C(F)(F)F)ccc2OCC2CCC(=O)CC2)c2ccnc-2n1O. The van der Waals surface area contributed by atoms with Gasteiger partial charge < -0.3 is 9.94 Å². The van der Waals surface area contributed by atoms with Gasteiger partial charge in [0.15, 0.2) is 15.7 Å². The summed E-state index contributed by atoms with van der Waals surface area (Å²) < 4.78 is 112. The molecule has 2 heterocycles. The second-order valence-electron chi connectivity index (χ2n) is 9.15. The van der Waals surface area contributed by atoms with Crippen molar-refractivity contribution >= 4 is 15.6 Å². The Labute approximate surface area is 213 Å². The van der Waals surface area contributed by atoms with Crippen molar-refractivity contribution in [2.24, 2.45) is 5.92 Å². The number of nitrogens with zero attached hydrogens (tertiary/aromatic N) is 2. The first kappa shape index (κ1) is 27.7. The van der Waals surface area contributed by atoms with Gasteiger partial charge in [-0.25, -0.2) is 13.4 Å². The van der Waals surface area contributed by atoms with E-state index in [1.54, 1.807) is 0 Å². The maximum absolute atomic E-state index is 13.3. The van der Waals surface area contributed by atoms with Crippen molar-refractivity contribution in [2.45, 2.75) is 55.1 Å². The molecule has 0 unspecified atom stereocenters. The van der Waals surface area contributed by atoms with E-state index in [1.165, 1.54) is 25.3 Å². The smallest absolute Gasteiger partial charge is 0.414 e. The van der Waals surface area contributed by atoms with E-state index in [0.717, 1.165) is 10.8 Å². The summed E-state index contributed by atoms with van der Waals surface area (Å²) in [6, 6.07) is 5.20. The average Bonchev–Trinajstić information content (AvgIpc) is 3.29. The predicted molar refractivity (Wildman–Crippen MR) is 122 cm³/mol. The van der Waals surface area contributed by atoms with Gasteiger partial charge in [-0.15, -0.1) is 0 Å². The number of sulfone groups is 1. The number of pyridine rings is 1. The standard InChI is InChI=1S/C24H22F6N2O5S/c1-13-10-18(17-8-9-31-21(17)32(13)34)19-11-16(38(35,36)22(23(25,26)27)24(28,29)30)6-7-20(19)37-12-14-2-4-15(33)5-3-14/h6-11,14,22,34H,2-5,12H2,1H3. The topological polar surface area (TPSA) is 98.5 Å². The Morgan fingerprint density at radius 3 is 2.26 bits per heavy atom. The fourth-order valence-electron chi connectivity index (χ4n) is 4.51. The first-order valence-corrected chi connectivity index (χ1v) is 13.0. The fourth-order valence-corrected chi connectivity index (χ4v) is 6.03. The molecule has 38 heavy (non-hydrogen) atoms. The van der Waals surface area contributed by atoms with Crippen LogP contribution in [0.15, 0.2) is 41.4 Å². The monoisotopic (exact) mass is 564 g/mol. The minimum absolute atomic E-state index is 0.00834. The quantitative estimate of drug-likeness (QED) is 0.309. The first-order chi connectivity index (χ1) is 17.6. The molecular weight excluding hydrogens is 542 g/mol. The van der Waals surface area contributed by atoms with Crippen LogP contribution < -0.4 is 4.74 Å². The molecule has 0 aromatic heterocycles. The summed E-state index contributed by atoms with van der Waals surface area (Å²) in [7, 11) is -5.98. The first-order valence-electron chi connectivity index (χ1n) is 11.4. The van der Waals surface area contributed by atoms with Crippen molar-refractivity contribution in [3.05, 3.63) is 42.2 Å². The number of Topliss-reactive ketones (excluding diaryl/α,β-unsaturated/α-hetero) is 1. The molecule has 0 spiro atoms. The van der Waals surface area contributed by atoms with Crippen LogP contribution in [0.5, 0.6) is 5.75 Å². The minimum atomic E-state index is -6.11. The van der Waals surface area contributed by atoms with Crippen molar-refractivity contribution < 1.29 is 49.5 Å². The molecule has 0 radical (unpaired) electrons. The molecule has 2 aliphatic heterocycles. The summed E-state index contributed by atoms with van der Waals surface area (Å²) in [6.45, 7) is 1.56. The number of ketones is 1. The van der Waals surface area contributed by atoms with E-state index in [1.807, 2.05) is 0 Å². The number of ether oxygens (including phenoxy) is 1. The minimum Gasteiger partial charge on any atom is -0.493 e. The Kier molecular flexibility index (Phi) is 7.14. The van der Waals surface area contributed by atoms with Gasteiger partial charge in [0.2, 0.25) is 0 Å². The van der Waals surface area contributed by atoms with Crippen LogP contribution >= 0.6 is 0 Å². The molecular formula is C24H22F6N2O5S. The number of hydrogen-bond acceptors (Lipinski definition) is 6. The molecule has 14 heteroatoms. The molecule has 1 N–H and O–H groups in total. The lowest BCUT2D eigenvalue weighted by Gasteiger charge is -2.25. The molecule has 1 aliphatic carbocycles. The number of rotatable bonds is 6. The summed E-state index contributed by atoms with van der Waals surface area (Å²) in [5, 5.41) is 5.64. The summed E-state index contributed by atoms with van der Waals surface area (Å²) in [5.74, 6) is 0.132. The normalized spacial score (nSPS) is 15.9. The van der Waals surface area contributed by atoms with Gasteiger partial charge in [-0.3, -0.25) is 4.79 Å². The highest BCUT2D eigenvalue weighted by atomic mass is 32.2. The number of halogens is 6. The van der Waals surface area contributed by atoms with Gasteiger partial charge in [0.05, 0.1) is 17.2 Å². The van der Waals surface area contributed by atoms with E-state index in [-0.39, 0.29) is 52.3 Å². The van der Waals surface area contributed by atoms with Gasteiger partial charge in [0, 0.05) is 30.2 Å². The number of aromatic nitrogens is 2. The molecule has 1 fully saturated rings. The number of hydrogen-bond donors (Lipinski definition) is 1. The maximum atomic E-state index is 13.3. The molecule has 206 valence electrons. The van der Waals surface area contributed by atoms with E-state index in [0.29, 0.717) is 37.8 Å². The van der Waals surface area contributed by atoms with Crippen LogP contribution in [0.2, 0.25) is 0 Å². The van der Waals surface area contributed by atoms with Crippen LogP contribution in [0.3, 0.4) is 0 Å². The fraction of sp³-hybridized carbons (Fsp3) is 0.417. The van der Waals surface area contributed by atoms with Crippen LogP contribution in [-0.4, -0.2) is 53.3 Å². The second-order valence-corrected chi connectivity index (χ2v) is 11.2. The molecule has 1 saturated carbocycles. The molecule has 0 saturated heterocycles. The lowest BCUT2D eigenvalue weighted by Crippen LogP contribution is -2.48. The van der Waals surface area contributed by atoms with E-state index < -0.39 is 32.3 Å². The van der Waals surface area contributed by atoms with Gasteiger partial charge in [-0.2, -0.15) is 31.1 Å². The Hall–Kier alpha value is -3.29. The third-order valence-corrected chi connectivity index (χ3v) is 8.54. The van der Waals surface area contributed by atoms with Crippen LogP contribution in [0.25, 0.3) is 22.5 Å². The molecule has 7 nitrogen and oxygen atoms in total. The van der Waals surface area contributed by atoms with Crippen LogP contribution in [-0.2, 0) is 14.6 Å². The predicted octanol–water partition coefficient (Wildman–Crippen LogP) is 5.61. The Balaban J connectivity index is 1.85. The number of carbonyl (C=O) groups is 1. The number of alkyl halides is 6. The summed E-state index contributed by atoms with van der Waals surface area (Å²) in [5.41, 5.74) is 0.549. The van der Waals surface area contributed by atoms with Crippen LogP contribution in [0, 0.1) is 12.8 Å². The third-order valence-electron chi connectivity index (χ3n) is 6.47. The highest BCUT2D eigenvalue weighted by Gasteiger charge is 2.64. The molecule has 1 aromatic rings. The van der Waals surface area contributed by atoms with Crippen LogP contribution in [0.4, 0.5) is 26.3 Å². The third kappa shape index (κ3) is 5.31. The zero-order chi connectivity index (χ0) is 28.0. The molecule has 0 amide bonds. The second kappa shape index (κ2) is 9.79. The highest BCUT2D eigenvalue weighted by molar-refractivity contribution is 7.92. The van der Waals surface area contributed by atoms with Crippen molar-refractivity contribution in [1.82, 2.24) is 9.71 Å². The van der Waals surface area contributed by atoms with E-state index in [4.69, 9.17) is 4.74 Å². The largest absolute Gasteiger partial charge is 0.493 e. The van der Waals surface area contributed by atoms with Gasteiger partial charge in [0.25, 0.3) is 5.25 Å². The van der Waals surface area contributed by atoms with Crippen molar-refractivity contribution in [3.63, 3.8) is 0 Å². The van der Waals surface area contributed by atoms with Crippen molar-refractivity contribution in [2.75, 3.05) is 6.61 Å². The van der Waals surface area contributed by atoms with Crippen LogP contribution in [0.1, 0.15) is 31.4 Å². The maximum Gasteiger partial charge on any atom is 0.414 e. The number of aryl methyl sites for hydroxylation is 1. The molecule has 4 rings (SSSR count). The summed E-state index contributed by atoms with van der Waals surface area (Å²) >= 11 is 0. The lowest BCUT2D eigenvalue weighted by molar-refractivity contribution is -0.226. The van der Waals surface area contributed by atoms with Gasteiger partial charge in [-0.1, -0.05) is 0 Å². The lowest BCUT2D eigenvalue weighted by atomic mass is 9.89. The number of carbonyl (C=O) groups excluding carboxylic acids is 1. The van der Waals surface area contributed by atoms with E-state index in [2.05, 4.69) is 4.98 Å². The Morgan fingerprint density at radius 1 is 1.03 bits per heavy atom.